The molecule has 11 heteroatoms. The van der Waals surface area contributed by atoms with Crippen LogP contribution in [0, 0.1) is 24.1 Å². The van der Waals surface area contributed by atoms with Crippen LogP contribution in [0.2, 0.25) is 0 Å². The van der Waals surface area contributed by atoms with Gasteiger partial charge in [-0.15, -0.1) is 10.2 Å². The fourth-order valence-corrected chi connectivity index (χ4v) is 4.21. The second kappa shape index (κ2) is 8.77. The largest absolute Gasteiger partial charge is 0.424 e. The molecule has 1 saturated heterocycles. The zero-order valence-corrected chi connectivity index (χ0v) is 17.9. The van der Waals surface area contributed by atoms with Crippen molar-refractivity contribution < 1.29 is 13.6 Å². The Morgan fingerprint density at radius 3 is 2.71 bits per heavy atom. The van der Waals surface area contributed by atoms with Crippen molar-refractivity contribution in [3.8, 4) is 17.5 Å². The summed E-state index contributed by atoms with van der Waals surface area (Å²) in [6.45, 7) is 3.85. The quantitative estimate of drug-likeness (QED) is 0.555. The molecular formula is C20H20FN7O2S. The molecule has 1 aliphatic heterocycles. The van der Waals surface area contributed by atoms with Gasteiger partial charge in [0.15, 0.2) is 16.9 Å². The molecule has 0 N–H and O–H groups in total. The van der Waals surface area contributed by atoms with Gasteiger partial charge in [0.2, 0.25) is 17.5 Å². The number of anilines is 1. The van der Waals surface area contributed by atoms with Crippen LogP contribution in [0.25, 0.3) is 11.4 Å². The molecule has 0 bridgehead atoms. The van der Waals surface area contributed by atoms with Gasteiger partial charge < -0.3 is 18.8 Å². The summed E-state index contributed by atoms with van der Waals surface area (Å²) >= 11 is 1.27. The fourth-order valence-electron chi connectivity index (χ4n) is 3.40. The lowest BCUT2D eigenvalue weighted by Gasteiger charge is -2.34. The van der Waals surface area contributed by atoms with Crippen LogP contribution < -0.4 is 4.90 Å². The Labute approximate surface area is 182 Å². The predicted octanol–water partition coefficient (Wildman–Crippen LogP) is 2.23. The van der Waals surface area contributed by atoms with Gasteiger partial charge in [0, 0.05) is 40.2 Å². The van der Waals surface area contributed by atoms with Crippen LogP contribution in [0.3, 0.4) is 0 Å². The number of halogens is 1. The minimum Gasteiger partial charge on any atom is -0.424 e. The van der Waals surface area contributed by atoms with E-state index in [1.54, 1.807) is 41.6 Å². The summed E-state index contributed by atoms with van der Waals surface area (Å²) in [6.07, 6.45) is 0. The normalized spacial score (nSPS) is 14.0. The molecule has 1 aliphatic rings. The second-order valence-electron chi connectivity index (χ2n) is 7.00. The van der Waals surface area contributed by atoms with E-state index in [0.29, 0.717) is 54.5 Å². The van der Waals surface area contributed by atoms with Crippen LogP contribution in [0.1, 0.15) is 11.6 Å². The Balaban J connectivity index is 1.34. The highest BCUT2D eigenvalue weighted by atomic mass is 32.2. The zero-order chi connectivity index (χ0) is 22.0. The van der Waals surface area contributed by atoms with E-state index in [1.807, 2.05) is 11.0 Å². The Kier molecular flexibility index (Phi) is 5.90. The highest BCUT2D eigenvalue weighted by Gasteiger charge is 2.26. The molecule has 9 nitrogen and oxygen atoms in total. The van der Waals surface area contributed by atoms with Crippen LogP contribution in [-0.2, 0) is 11.8 Å². The average molecular weight is 441 g/mol. The summed E-state index contributed by atoms with van der Waals surface area (Å²) in [6, 6.07) is 8.42. The van der Waals surface area contributed by atoms with Gasteiger partial charge >= 0.3 is 0 Å². The number of aryl methyl sites for hydroxylation is 1. The minimum absolute atomic E-state index is 0.0191. The number of amides is 1. The molecule has 4 rings (SSSR count). The summed E-state index contributed by atoms with van der Waals surface area (Å²) < 4.78 is 21.3. The van der Waals surface area contributed by atoms with Crippen LogP contribution in [0.5, 0.6) is 0 Å². The van der Waals surface area contributed by atoms with E-state index in [0.717, 1.165) is 0 Å². The third-order valence-electron chi connectivity index (χ3n) is 5.02. The van der Waals surface area contributed by atoms with Crippen molar-refractivity contribution in [1.29, 1.82) is 5.26 Å². The van der Waals surface area contributed by atoms with Crippen LogP contribution in [0.4, 0.5) is 10.3 Å². The van der Waals surface area contributed by atoms with E-state index in [4.69, 9.17) is 4.42 Å². The molecule has 0 saturated carbocycles. The lowest BCUT2D eigenvalue weighted by Crippen LogP contribution is -2.49. The van der Waals surface area contributed by atoms with E-state index in [1.165, 1.54) is 17.8 Å². The van der Waals surface area contributed by atoms with Crippen molar-refractivity contribution in [2.45, 2.75) is 12.1 Å². The number of hydrogen-bond donors (Lipinski definition) is 0. The number of piperazine rings is 1. The SMILES string of the molecule is Cc1nc(C#N)c(N2CCN(C(=O)CSc3nnc(-c4ccccc4F)n3C)CC2)o1. The minimum atomic E-state index is -0.370. The Bertz CT molecular complexity index is 1140. The summed E-state index contributed by atoms with van der Waals surface area (Å²) in [5.74, 6) is 1.13. The van der Waals surface area contributed by atoms with E-state index >= 15 is 0 Å². The lowest BCUT2D eigenvalue weighted by atomic mass is 10.2. The molecule has 1 aromatic carbocycles. The number of aromatic nitrogens is 4. The average Bonchev–Trinajstić information content (AvgIpc) is 3.34. The molecule has 0 radical (unpaired) electrons. The number of rotatable bonds is 5. The number of carbonyl (C=O) groups excluding carboxylic acids is 1. The molecule has 3 heterocycles. The lowest BCUT2D eigenvalue weighted by molar-refractivity contribution is -0.128. The Morgan fingerprint density at radius 2 is 2.00 bits per heavy atom. The van der Waals surface area contributed by atoms with Crippen molar-refractivity contribution >= 4 is 23.6 Å². The summed E-state index contributed by atoms with van der Waals surface area (Å²) in [4.78, 5) is 20.4. The van der Waals surface area contributed by atoms with Gasteiger partial charge in [0.25, 0.3) is 0 Å². The number of oxazole rings is 1. The van der Waals surface area contributed by atoms with E-state index < -0.39 is 0 Å². The number of benzene rings is 1. The molecule has 160 valence electrons. The first-order chi connectivity index (χ1) is 15.0. The highest BCUT2D eigenvalue weighted by Crippen LogP contribution is 2.26. The topological polar surface area (TPSA) is 104 Å². The van der Waals surface area contributed by atoms with Crippen LogP contribution in [0.15, 0.2) is 33.8 Å². The van der Waals surface area contributed by atoms with Crippen molar-refractivity contribution in [3.63, 3.8) is 0 Å². The first-order valence-corrected chi connectivity index (χ1v) is 10.6. The molecule has 3 aromatic rings. The second-order valence-corrected chi connectivity index (χ2v) is 7.94. The van der Waals surface area contributed by atoms with Crippen molar-refractivity contribution in [2.24, 2.45) is 7.05 Å². The third kappa shape index (κ3) is 4.25. The van der Waals surface area contributed by atoms with Gasteiger partial charge in [-0.05, 0) is 12.1 Å². The summed E-state index contributed by atoms with van der Waals surface area (Å²) in [5, 5.41) is 17.9. The summed E-state index contributed by atoms with van der Waals surface area (Å²) in [5.41, 5.74) is 0.631. The smallest absolute Gasteiger partial charge is 0.234 e. The maximum atomic E-state index is 14.0. The Morgan fingerprint density at radius 1 is 1.26 bits per heavy atom. The number of nitriles is 1. The monoisotopic (exact) mass is 441 g/mol. The maximum absolute atomic E-state index is 14.0. The van der Waals surface area contributed by atoms with Gasteiger partial charge in [-0.3, -0.25) is 4.79 Å². The van der Waals surface area contributed by atoms with Crippen molar-refractivity contribution in [2.75, 3.05) is 36.8 Å². The highest BCUT2D eigenvalue weighted by molar-refractivity contribution is 7.99. The predicted molar refractivity (Wildman–Crippen MR) is 112 cm³/mol. The Hall–Kier alpha value is -3.39. The van der Waals surface area contributed by atoms with Gasteiger partial charge in [0.05, 0.1) is 11.3 Å². The van der Waals surface area contributed by atoms with E-state index in [2.05, 4.69) is 15.2 Å². The molecule has 1 amide bonds. The number of nitrogens with zero attached hydrogens (tertiary/aromatic N) is 7. The molecule has 0 atom stereocenters. The fraction of sp³-hybridized carbons (Fsp3) is 0.350. The van der Waals surface area contributed by atoms with Gasteiger partial charge in [-0.25, -0.2) is 9.37 Å². The first kappa shape index (κ1) is 20.9. The van der Waals surface area contributed by atoms with Gasteiger partial charge in [0.1, 0.15) is 11.9 Å². The molecule has 1 fully saturated rings. The van der Waals surface area contributed by atoms with E-state index in [9.17, 15) is 14.4 Å². The van der Waals surface area contributed by atoms with Crippen molar-refractivity contribution in [1.82, 2.24) is 24.6 Å². The molecular weight excluding hydrogens is 421 g/mol. The number of carbonyl (C=O) groups is 1. The van der Waals surface area contributed by atoms with Crippen LogP contribution >= 0.6 is 11.8 Å². The van der Waals surface area contributed by atoms with Crippen LogP contribution in [-0.4, -0.2) is 62.5 Å². The molecule has 31 heavy (non-hydrogen) atoms. The van der Waals surface area contributed by atoms with Crippen molar-refractivity contribution in [3.05, 3.63) is 41.7 Å². The maximum Gasteiger partial charge on any atom is 0.234 e. The zero-order valence-electron chi connectivity index (χ0n) is 17.1. The summed E-state index contributed by atoms with van der Waals surface area (Å²) in [7, 11) is 1.75. The number of hydrogen-bond acceptors (Lipinski definition) is 8. The molecule has 0 unspecified atom stereocenters. The molecule has 0 spiro atoms. The van der Waals surface area contributed by atoms with Gasteiger partial charge in [-0.2, -0.15) is 5.26 Å². The van der Waals surface area contributed by atoms with E-state index in [-0.39, 0.29) is 23.2 Å². The third-order valence-corrected chi connectivity index (χ3v) is 6.02. The first-order valence-electron chi connectivity index (χ1n) is 9.65. The standard InChI is InChI=1S/C20H20FN7O2S/c1-13-23-16(11-22)19(30-13)28-9-7-27(8-10-28)17(29)12-31-20-25-24-18(26(20)2)14-5-3-4-6-15(14)21/h3-6H,7-10,12H2,1-2H3. The molecule has 0 aliphatic carbocycles. The number of thioether (sulfide) groups is 1. The molecule has 2 aromatic heterocycles. The van der Waals surface area contributed by atoms with Gasteiger partial charge in [-0.1, -0.05) is 23.9 Å².